The Labute approximate surface area is 153 Å². The maximum Gasteiger partial charge on any atom is 0.221 e. The van der Waals surface area contributed by atoms with Gasteiger partial charge in [0.2, 0.25) is 5.91 Å². The SMILES string of the molecule is CC(=O)Nc1cc(S(C)=O)ccc1-c1ncccc1-c1ccccc1F. The van der Waals surface area contributed by atoms with Crippen LogP contribution in [0.25, 0.3) is 22.4 Å². The van der Waals surface area contributed by atoms with Crippen LogP contribution in [-0.2, 0) is 15.6 Å². The second-order valence-corrected chi connectivity index (χ2v) is 7.10. The van der Waals surface area contributed by atoms with Crippen LogP contribution in [0.5, 0.6) is 0 Å². The van der Waals surface area contributed by atoms with Crippen molar-refractivity contribution in [2.45, 2.75) is 11.8 Å². The minimum absolute atomic E-state index is 0.256. The average molecular weight is 368 g/mol. The lowest BCUT2D eigenvalue weighted by Gasteiger charge is -2.15. The molecule has 26 heavy (non-hydrogen) atoms. The van der Waals surface area contributed by atoms with Crippen molar-refractivity contribution in [2.24, 2.45) is 0 Å². The van der Waals surface area contributed by atoms with Crippen molar-refractivity contribution < 1.29 is 13.4 Å². The van der Waals surface area contributed by atoms with E-state index in [0.717, 1.165) is 0 Å². The van der Waals surface area contributed by atoms with E-state index in [1.165, 1.54) is 13.0 Å². The molecule has 0 bridgehead atoms. The summed E-state index contributed by atoms with van der Waals surface area (Å²) in [6.07, 6.45) is 3.18. The molecule has 0 saturated carbocycles. The first kappa shape index (κ1) is 17.9. The van der Waals surface area contributed by atoms with Crippen LogP contribution in [0.2, 0.25) is 0 Å². The first-order valence-electron chi connectivity index (χ1n) is 7.92. The predicted molar refractivity (Wildman–Crippen MR) is 102 cm³/mol. The molecule has 0 aliphatic heterocycles. The van der Waals surface area contributed by atoms with Crippen LogP contribution in [0, 0.1) is 5.82 Å². The third-order valence-corrected chi connectivity index (χ3v) is 4.78. The number of hydrogen-bond donors (Lipinski definition) is 1. The van der Waals surface area contributed by atoms with E-state index in [9.17, 15) is 13.4 Å². The molecule has 3 aromatic rings. The van der Waals surface area contributed by atoms with Gasteiger partial charge in [-0.05, 0) is 30.3 Å². The summed E-state index contributed by atoms with van der Waals surface area (Å²) in [6.45, 7) is 1.40. The second kappa shape index (κ2) is 7.58. The minimum Gasteiger partial charge on any atom is -0.326 e. The Morgan fingerprint density at radius 2 is 1.77 bits per heavy atom. The zero-order chi connectivity index (χ0) is 18.7. The summed E-state index contributed by atoms with van der Waals surface area (Å²) < 4.78 is 26.1. The minimum atomic E-state index is -1.20. The predicted octanol–water partition coefficient (Wildman–Crippen LogP) is 4.25. The van der Waals surface area contributed by atoms with Crippen LogP contribution >= 0.6 is 0 Å². The largest absolute Gasteiger partial charge is 0.326 e. The molecule has 0 aliphatic rings. The van der Waals surface area contributed by atoms with Crippen molar-refractivity contribution in [3.8, 4) is 22.4 Å². The molecule has 1 N–H and O–H groups in total. The molecule has 3 rings (SSSR count). The van der Waals surface area contributed by atoms with Crippen LogP contribution < -0.4 is 5.32 Å². The molecular weight excluding hydrogens is 351 g/mol. The van der Waals surface area contributed by atoms with Gasteiger partial charge >= 0.3 is 0 Å². The summed E-state index contributed by atoms with van der Waals surface area (Å²) in [7, 11) is -1.20. The van der Waals surface area contributed by atoms with E-state index >= 15 is 0 Å². The molecule has 6 heteroatoms. The Kier molecular flexibility index (Phi) is 5.23. The number of amides is 1. The van der Waals surface area contributed by atoms with Crippen molar-refractivity contribution in [2.75, 3.05) is 11.6 Å². The lowest BCUT2D eigenvalue weighted by Crippen LogP contribution is -2.08. The Morgan fingerprint density at radius 3 is 2.46 bits per heavy atom. The van der Waals surface area contributed by atoms with Gasteiger partial charge in [-0.1, -0.05) is 24.3 Å². The van der Waals surface area contributed by atoms with Gasteiger partial charge in [0.05, 0.1) is 11.4 Å². The Hall–Kier alpha value is -2.86. The van der Waals surface area contributed by atoms with E-state index in [4.69, 9.17) is 0 Å². The second-order valence-electron chi connectivity index (χ2n) is 5.72. The fourth-order valence-electron chi connectivity index (χ4n) is 2.72. The average Bonchev–Trinajstić information content (AvgIpc) is 2.62. The number of anilines is 1. The lowest BCUT2D eigenvalue weighted by atomic mass is 9.98. The van der Waals surface area contributed by atoms with Gasteiger partial charge in [-0.15, -0.1) is 0 Å². The number of benzene rings is 2. The number of aromatic nitrogens is 1. The normalized spacial score (nSPS) is 11.8. The molecule has 1 heterocycles. The van der Waals surface area contributed by atoms with Crippen molar-refractivity contribution in [1.82, 2.24) is 4.98 Å². The number of carbonyl (C=O) groups excluding carboxylic acids is 1. The van der Waals surface area contributed by atoms with E-state index in [-0.39, 0.29) is 11.7 Å². The van der Waals surface area contributed by atoms with Gasteiger partial charge < -0.3 is 5.32 Å². The number of carbonyl (C=O) groups is 1. The summed E-state index contributed by atoms with van der Waals surface area (Å²) in [5.41, 5.74) is 2.69. The van der Waals surface area contributed by atoms with E-state index < -0.39 is 10.8 Å². The van der Waals surface area contributed by atoms with Gasteiger partial charge in [0.1, 0.15) is 5.82 Å². The molecule has 2 aromatic carbocycles. The standard InChI is InChI=1S/C20H17FN2O2S/c1-13(24)23-19-12-14(26(2)25)9-10-17(19)20-16(7-5-11-22-20)15-6-3-4-8-18(15)21/h3-12H,1-2H3,(H,23,24). The molecule has 0 saturated heterocycles. The smallest absolute Gasteiger partial charge is 0.221 e. The van der Waals surface area contributed by atoms with Crippen LogP contribution in [0.3, 0.4) is 0 Å². The Balaban J connectivity index is 2.23. The fraction of sp³-hybridized carbons (Fsp3) is 0.100. The topological polar surface area (TPSA) is 59.1 Å². The molecule has 1 unspecified atom stereocenters. The lowest BCUT2D eigenvalue weighted by molar-refractivity contribution is -0.114. The van der Waals surface area contributed by atoms with Crippen LogP contribution in [0.1, 0.15) is 6.92 Å². The van der Waals surface area contributed by atoms with E-state index in [0.29, 0.717) is 33.0 Å². The number of halogens is 1. The molecule has 0 fully saturated rings. The zero-order valence-electron chi connectivity index (χ0n) is 14.3. The highest BCUT2D eigenvalue weighted by Crippen LogP contribution is 2.36. The number of nitrogens with zero attached hydrogens (tertiary/aromatic N) is 1. The molecule has 1 amide bonds. The van der Waals surface area contributed by atoms with E-state index in [1.807, 2.05) is 0 Å². The van der Waals surface area contributed by atoms with Gasteiger partial charge in [-0.3, -0.25) is 14.0 Å². The number of hydrogen-bond acceptors (Lipinski definition) is 3. The highest BCUT2D eigenvalue weighted by Gasteiger charge is 2.16. The number of rotatable bonds is 4. The maximum absolute atomic E-state index is 14.3. The summed E-state index contributed by atoms with van der Waals surface area (Å²) in [5.74, 6) is -0.609. The van der Waals surface area contributed by atoms with Gasteiger partial charge in [0.15, 0.2) is 0 Å². The Morgan fingerprint density at radius 1 is 1.04 bits per heavy atom. The maximum atomic E-state index is 14.3. The molecule has 0 aliphatic carbocycles. The summed E-state index contributed by atoms with van der Waals surface area (Å²) >= 11 is 0. The summed E-state index contributed by atoms with van der Waals surface area (Å²) in [6, 6.07) is 15.1. The van der Waals surface area contributed by atoms with Gasteiger partial charge in [0, 0.05) is 51.8 Å². The zero-order valence-corrected chi connectivity index (χ0v) is 15.1. The van der Waals surface area contributed by atoms with Crippen LogP contribution in [0.15, 0.2) is 65.7 Å². The number of nitrogens with one attached hydrogen (secondary N) is 1. The van der Waals surface area contributed by atoms with Crippen molar-refractivity contribution in [3.05, 3.63) is 66.6 Å². The summed E-state index contributed by atoms with van der Waals surface area (Å²) in [5, 5.41) is 2.75. The fourth-order valence-corrected chi connectivity index (χ4v) is 3.26. The molecule has 0 radical (unpaired) electrons. The van der Waals surface area contributed by atoms with Gasteiger partial charge in [0.25, 0.3) is 0 Å². The van der Waals surface area contributed by atoms with Crippen LogP contribution in [-0.4, -0.2) is 21.4 Å². The highest BCUT2D eigenvalue weighted by molar-refractivity contribution is 7.84. The molecular formula is C20H17FN2O2S. The quantitative estimate of drug-likeness (QED) is 0.749. The van der Waals surface area contributed by atoms with Crippen LogP contribution in [0.4, 0.5) is 10.1 Å². The van der Waals surface area contributed by atoms with Gasteiger partial charge in [-0.2, -0.15) is 0 Å². The Bertz CT molecular complexity index is 1000. The molecule has 4 nitrogen and oxygen atoms in total. The summed E-state index contributed by atoms with van der Waals surface area (Å²) in [4.78, 5) is 16.6. The first-order chi connectivity index (χ1) is 12.5. The molecule has 1 atom stereocenters. The van der Waals surface area contributed by atoms with E-state index in [2.05, 4.69) is 10.3 Å². The highest BCUT2D eigenvalue weighted by atomic mass is 32.2. The van der Waals surface area contributed by atoms with Gasteiger partial charge in [-0.25, -0.2) is 4.39 Å². The first-order valence-corrected chi connectivity index (χ1v) is 9.48. The van der Waals surface area contributed by atoms with Crippen molar-refractivity contribution in [3.63, 3.8) is 0 Å². The number of pyridine rings is 1. The third kappa shape index (κ3) is 3.70. The van der Waals surface area contributed by atoms with Crippen molar-refractivity contribution >= 4 is 22.4 Å². The van der Waals surface area contributed by atoms with E-state index in [1.54, 1.807) is 61.0 Å². The monoisotopic (exact) mass is 368 g/mol. The van der Waals surface area contributed by atoms with Crippen molar-refractivity contribution in [1.29, 1.82) is 0 Å². The molecule has 132 valence electrons. The molecule has 0 spiro atoms. The third-order valence-electron chi connectivity index (χ3n) is 3.86. The molecule has 1 aromatic heterocycles.